The van der Waals surface area contributed by atoms with Crippen molar-refractivity contribution >= 4 is 34.0 Å². The fourth-order valence-corrected chi connectivity index (χ4v) is 4.86. The van der Waals surface area contributed by atoms with Crippen molar-refractivity contribution in [3.63, 3.8) is 0 Å². The lowest BCUT2D eigenvalue weighted by molar-refractivity contribution is -0.132. The molecule has 0 spiro atoms. The van der Waals surface area contributed by atoms with Crippen molar-refractivity contribution < 1.29 is 28.9 Å². The zero-order chi connectivity index (χ0) is 25.7. The second kappa shape index (κ2) is 8.74. The molecule has 2 aliphatic rings. The van der Waals surface area contributed by atoms with Gasteiger partial charge < -0.3 is 24.3 Å². The van der Waals surface area contributed by atoms with Gasteiger partial charge in [-0.05, 0) is 49.7 Å². The van der Waals surface area contributed by atoms with Crippen LogP contribution in [0.3, 0.4) is 0 Å². The third-order valence-electron chi connectivity index (χ3n) is 6.49. The van der Waals surface area contributed by atoms with Gasteiger partial charge in [-0.15, -0.1) is 0 Å². The first-order valence-electron chi connectivity index (χ1n) is 12.0. The number of para-hydroxylation sites is 1. The molecule has 186 valence electrons. The van der Waals surface area contributed by atoms with Crippen LogP contribution >= 0.6 is 0 Å². The fourth-order valence-electron chi connectivity index (χ4n) is 4.86. The van der Waals surface area contributed by atoms with Gasteiger partial charge in [-0.3, -0.25) is 14.5 Å². The third-order valence-corrected chi connectivity index (χ3v) is 6.49. The summed E-state index contributed by atoms with van der Waals surface area (Å²) in [7, 11) is 0. The Morgan fingerprint density at radius 3 is 2.57 bits per heavy atom. The minimum atomic E-state index is -0.873. The van der Waals surface area contributed by atoms with Gasteiger partial charge in [-0.1, -0.05) is 30.3 Å². The van der Waals surface area contributed by atoms with E-state index in [1.807, 2.05) is 38.1 Å². The first kappa shape index (κ1) is 22.7. The molecule has 0 aliphatic carbocycles. The Morgan fingerprint density at radius 2 is 1.78 bits per heavy atom. The monoisotopic (exact) mass is 496 g/mol. The van der Waals surface area contributed by atoms with Crippen LogP contribution in [0.2, 0.25) is 0 Å². The molecule has 3 aromatic carbocycles. The minimum Gasteiger partial charge on any atom is -0.507 e. The number of aromatic amines is 1. The number of nitrogens with zero attached hydrogens (tertiary/aromatic N) is 1. The van der Waals surface area contributed by atoms with Crippen molar-refractivity contribution in [3.8, 4) is 17.2 Å². The smallest absolute Gasteiger partial charge is 0.300 e. The highest BCUT2D eigenvalue weighted by Crippen LogP contribution is 2.45. The first-order chi connectivity index (χ1) is 17.9. The van der Waals surface area contributed by atoms with Crippen LogP contribution in [-0.2, 0) is 9.59 Å². The van der Waals surface area contributed by atoms with Gasteiger partial charge in [0, 0.05) is 34.4 Å². The maximum Gasteiger partial charge on any atom is 0.300 e. The predicted molar refractivity (Wildman–Crippen MR) is 138 cm³/mol. The molecule has 1 amide bonds. The number of aliphatic hydroxyl groups is 1. The number of aromatic nitrogens is 1. The van der Waals surface area contributed by atoms with Gasteiger partial charge in [0.25, 0.3) is 11.7 Å². The van der Waals surface area contributed by atoms with E-state index in [-0.39, 0.29) is 24.2 Å². The van der Waals surface area contributed by atoms with Gasteiger partial charge in [0.05, 0.1) is 17.7 Å². The number of amides is 1. The highest BCUT2D eigenvalue weighted by molar-refractivity contribution is 6.51. The maximum atomic E-state index is 13.5. The molecular formula is C29H24N2O6. The highest BCUT2D eigenvalue weighted by atomic mass is 16.7. The lowest BCUT2D eigenvalue weighted by Gasteiger charge is -2.26. The molecule has 0 radical (unpaired) electrons. The van der Waals surface area contributed by atoms with Crippen LogP contribution in [0.5, 0.6) is 17.2 Å². The summed E-state index contributed by atoms with van der Waals surface area (Å²) in [6.07, 6.45) is 1.64. The van der Waals surface area contributed by atoms with Gasteiger partial charge in [0.2, 0.25) is 6.79 Å². The van der Waals surface area contributed by atoms with Crippen LogP contribution in [0, 0.1) is 0 Å². The number of Topliss-reactive ketones (excluding diaryl/α,β-unsaturated/α-hetero) is 1. The standard InChI is InChI=1S/C29H24N2O6/c1-16(2)37-19-10-7-17(8-11-19)26-25(27(32)21-14-30-22-6-4-3-5-20(21)22)28(33)29(34)31(26)18-9-12-23-24(13-18)36-15-35-23/h3-14,16,26,30,32H,15H2,1-2H3/b27-25-. The number of anilines is 1. The minimum absolute atomic E-state index is 0.00458. The third kappa shape index (κ3) is 3.78. The van der Waals surface area contributed by atoms with Crippen molar-refractivity contribution in [2.45, 2.75) is 26.0 Å². The Labute approximate surface area is 212 Å². The zero-order valence-corrected chi connectivity index (χ0v) is 20.2. The number of carbonyl (C=O) groups is 2. The van der Waals surface area contributed by atoms with Gasteiger partial charge >= 0.3 is 0 Å². The lowest BCUT2D eigenvalue weighted by Crippen LogP contribution is -2.29. The highest BCUT2D eigenvalue weighted by Gasteiger charge is 2.47. The summed E-state index contributed by atoms with van der Waals surface area (Å²) in [4.78, 5) is 31.5. The summed E-state index contributed by atoms with van der Waals surface area (Å²) in [6, 6.07) is 18.8. The van der Waals surface area contributed by atoms with Gasteiger partial charge in [0.1, 0.15) is 11.5 Å². The Hall–Kier alpha value is -4.72. The normalized spacial score (nSPS) is 18.2. The van der Waals surface area contributed by atoms with Crippen LogP contribution in [-0.4, -0.2) is 34.7 Å². The SMILES string of the molecule is CC(C)Oc1ccc(C2/C(=C(/O)c3c[nH]c4ccccc34)C(=O)C(=O)N2c2ccc3c(c2)OCO3)cc1. The number of H-pyrrole nitrogens is 1. The van der Waals surface area contributed by atoms with Gasteiger partial charge in [0.15, 0.2) is 11.5 Å². The number of carbonyl (C=O) groups excluding carboxylic acids is 2. The summed E-state index contributed by atoms with van der Waals surface area (Å²) >= 11 is 0. The topological polar surface area (TPSA) is 101 Å². The molecule has 1 fully saturated rings. The van der Waals surface area contributed by atoms with Gasteiger partial charge in [-0.2, -0.15) is 0 Å². The molecular weight excluding hydrogens is 472 g/mol. The molecule has 0 bridgehead atoms. The molecule has 1 atom stereocenters. The summed E-state index contributed by atoms with van der Waals surface area (Å²) in [5, 5.41) is 12.3. The van der Waals surface area contributed by atoms with Gasteiger partial charge in [-0.25, -0.2) is 0 Å². The van der Waals surface area contributed by atoms with E-state index in [1.54, 1.807) is 48.7 Å². The molecule has 3 heterocycles. The quantitative estimate of drug-likeness (QED) is 0.221. The number of nitrogens with one attached hydrogen (secondary N) is 1. The van der Waals surface area contributed by atoms with Crippen molar-refractivity contribution in [3.05, 3.63) is 89.6 Å². The van der Waals surface area contributed by atoms with E-state index in [0.29, 0.717) is 34.1 Å². The maximum absolute atomic E-state index is 13.5. The number of aliphatic hydroxyl groups excluding tert-OH is 1. The second-order valence-electron chi connectivity index (χ2n) is 9.19. The van der Waals surface area contributed by atoms with Crippen LogP contribution in [0.25, 0.3) is 16.7 Å². The number of fused-ring (bicyclic) bond motifs is 2. The second-order valence-corrected chi connectivity index (χ2v) is 9.19. The molecule has 2 N–H and O–H groups in total. The molecule has 8 heteroatoms. The number of rotatable bonds is 5. The number of hydrogen-bond acceptors (Lipinski definition) is 6. The van der Waals surface area contributed by atoms with E-state index in [2.05, 4.69) is 4.98 Å². The molecule has 37 heavy (non-hydrogen) atoms. The van der Waals surface area contributed by atoms with Crippen molar-refractivity contribution in [1.82, 2.24) is 4.98 Å². The summed E-state index contributed by atoms with van der Waals surface area (Å²) in [6.45, 7) is 3.95. The number of ketones is 1. The average Bonchev–Trinajstić information content (AvgIpc) is 3.60. The molecule has 6 rings (SSSR count). The molecule has 1 saturated heterocycles. The molecule has 0 saturated carbocycles. The van der Waals surface area contributed by atoms with E-state index < -0.39 is 17.7 Å². The molecule has 1 aromatic heterocycles. The summed E-state index contributed by atoms with van der Waals surface area (Å²) in [5.74, 6) is -0.0518. The van der Waals surface area contributed by atoms with E-state index in [4.69, 9.17) is 14.2 Å². The van der Waals surface area contributed by atoms with E-state index in [1.165, 1.54) is 4.90 Å². The first-order valence-corrected chi connectivity index (χ1v) is 12.0. The van der Waals surface area contributed by atoms with E-state index >= 15 is 0 Å². The number of benzene rings is 3. The molecule has 1 unspecified atom stereocenters. The van der Waals surface area contributed by atoms with Crippen LogP contribution in [0.15, 0.2) is 78.5 Å². The van der Waals surface area contributed by atoms with Crippen molar-refractivity contribution in [1.29, 1.82) is 0 Å². The van der Waals surface area contributed by atoms with Crippen LogP contribution < -0.4 is 19.1 Å². The lowest BCUT2D eigenvalue weighted by atomic mass is 9.95. The molecule has 8 nitrogen and oxygen atoms in total. The number of ether oxygens (including phenoxy) is 3. The van der Waals surface area contributed by atoms with Crippen molar-refractivity contribution in [2.75, 3.05) is 11.7 Å². The summed E-state index contributed by atoms with van der Waals surface area (Å²) in [5.41, 5.74) is 2.36. The van der Waals surface area contributed by atoms with E-state index in [0.717, 1.165) is 10.9 Å². The fraction of sp³-hybridized carbons (Fsp3) is 0.172. The largest absolute Gasteiger partial charge is 0.507 e. The van der Waals surface area contributed by atoms with Crippen LogP contribution in [0.1, 0.15) is 31.0 Å². The Kier molecular flexibility index (Phi) is 5.37. The molecule has 2 aliphatic heterocycles. The number of hydrogen-bond donors (Lipinski definition) is 2. The Morgan fingerprint density at radius 1 is 1.03 bits per heavy atom. The van der Waals surface area contributed by atoms with Crippen LogP contribution in [0.4, 0.5) is 5.69 Å². The van der Waals surface area contributed by atoms with E-state index in [9.17, 15) is 14.7 Å². The Balaban J connectivity index is 1.53. The average molecular weight is 497 g/mol. The molecule has 4 aromatic rings. The van der Waals surface area contributed by atoms with Crippen molar-refractivity contribution in [2.24, 2.45) is 0 Å². The predicted octanol–water partition coefficient (Wildman–Crippen LogP) is 5.31. The summed E-state index contributed by atoms with van der Waals surface area (Å²) < 4.78 is 16.7. The zero-order valence-electron chi connectivity index (χ0n) is 20.2. The Bertz CT molecular complexity index is 1570.